The van der Waals surface area contributed by atoms with E-state index < -0.39 is 0 Å². The van der Waals surface area contributed by atoms with Crippen LogP contribution in [0.2, 0.25) is 0 Å². The molecule has 6 rings (SSSR count). The van der Waals surface area contributed by atoms with E-state index in [1.807, 2.05) is 85.8 Å². The zero-order valence-electron chi connectivity index (χ0n) is 19.2. The molecule has 0 aliphatic rings. The van der Waals surface area contributed by atoms with Crippen molar-refractivity contribution in [1.29, 1.82) is 0 Å². The van der Waals surface area contributed by atoms with Crippen molar-refractivity contribution >= 4 is 11.1 Å². The molecule has 4 aromatic carbocycles. The minimum absolute atomic E-state index is 0.628. The van der Waals surface area contributed by atoms with Gasteiger partial charge in [0.15, 0.2) is 28.9 Å². The maximum atomic E-state index is 5.81. The molecule has 5 heteroatoms. The standard InChI is InChI=1S/C30H22N4O/c1-2-27-31-25-19-22(17-18-26(25)35-27)23-15-9-10-16-24(23)30-33-28(20-11-5-3-6-12-20)32-29(34-30)21-13-7-4-8-14-21/h3-19H,2H2,1H3. The van der Waals surface area contributed by atoms with E-state index in [9.17, 15) is 0 Å². The number of fused-ring (bicyclic) bond motifs is 1. The molecule has 35 heavy (non-hydrogen) atoms. The molecule has 0 atom stereocenters. The summed E-state index contributed by atoms with van der Waals surface area (Å²) in [5.74, 6) is 2.65. The van der Waals surface area contributed by atoms with Crippen LogP contribution < -0.4 is 0 Å². The maximum absolute atomic E-state index is 5.81. The number of aromatic nitrogens is 4. The Bertz CT molecular complexity index is 1570. The molecule has 0 N–H and O–H groups in total. The van der Waals surface area contributed by atoms with Crippen LogP contribution >= 0.6 is 0 Å². The molecule has 5 nitrogen and oxygen atoms in total. The third-order valence-corrected chi connectivity index (χ3v) is 5.91. The Kier molecular flexibility index (Phi) is 5.35. The van der Waals surface area contributed by atoms with Crippen LogP contribution in [0.5, 0.6) is 0 Å². The second-order valence-corrected chi connectivity index (χ2v) is 8.23. The Morgan fingerprint density at radius 1 is 0.543 bits per heavy atom. The van der Waals surface area contributed by atoms with E-state index in [0.717, 1.165) is 51.2 Å². The van der Waals surface area contributed by atoms with Crippen LogP contribution in [0.15, 0.2) is 108 Å². The fourth-order valence-corrected chi connectivity index (χ4v) is 4.15. The maximum Gasteiger partial charge on any atom is 0.195 e. The quantitative estimate of drug-likeness (QED) is 0.275. The summed E-state index contributed by atoms with van der Waals surface area (Å²) in [6, 6.07) is 34.3. The van der Waals surface area contributed by atoms with Crippen molar-refractivity contribution in [3.63, 3.8) is 0 Å². The monoisotopic (exact) mass is 454 g/mol. The Balaban J connectivity index is 1.54. The van der Waals surface area contributed by atoms with Gasteiger partial charge in [0.25, 0.3) is 0 Å². The lowest BCUT2D eigenvalue weighted by Crippen LogP contribution is -2.01. The SMILES string of the molecule is CCc1nc2cc(-c3ccccc3-c3nc(-c4ccccc4)nc(-c4ccccc4)n3)ccc2o1. The smallest absolute Gasteiger partial charge is 0.195 e. The van der Waals surface area contributed by atoms with Gasteiger partial charge in [-0.2, -0.15) is 0 Å². The van der Waals surface area contributed by atoms with Crippen LogP contribution in [-0.4, -0.2) is 19.9 Å². The molecule has 168 valence electrons. The fraction of sp³-hybridized carbons (Fsp3) is 0.0667. The van der Waals surface area contributed by atoms with E-state index in [0.29, 0.717) is 17.5 Å². The zero-order valence-corrected chi connectivity index (χ0v) is 19.2. The van der Waals surface area contributed by atoms with Gasteiger partial charge in [0.1, 0.15) is 5.52 Å². The van der Waals surface area contributed by atoms with E-state index in [2.05, 4.69) is 29.2 Å². The summed E-state index contributed by atoms with van der Waals surface area (Å²) in [5.41, 5.74) is 6.53. The van der Waals surface area contributed by atoms with Gasteiger partial charge in [-0.1, -0.05) is 97.9 Å². The Morgan fingerprint density at radius 3 is 1.74 bits per heavy atom. The normalized spacial score (nSPS) is 11.1. The highest BCUT2D eigenvalue weighted by Crippen LogP contribution is 2.33. The first kappa shape index (κ1) is 20.9. The van der Waals surface area contributed by atoms with Crippen molar-refractivity contribution in [2.45, 2.75) is 13.3 Å². The molecule has 6 aromatic rings. The summed E-state index contributed by atoms with van der Waals surface area (Å²) in [7, 11) is 0. The van der Waals surface area contributed by atoms with E-state index in [4.69, 9.17) is 19.4 Å². The van der Waals surface area contributed by atoms with Gasteiger partial charge in [0, 0.05) is 23.1 Å². The van der Waals surface area contributed by atoms with Gasteiger partial charge in [-0.25, -0.2) is 19.9 Å². The van der Waals surface area contributed by atoms with Crippen LogP contribution in [0.3, 0.4) is 0 Å². The van der Waals surface area contributed by atoms with E-state index in [-0.39, 0.29) is 0 Å². The number of hydrogen-bond donors (Lipinski definition) is 0. The molecule has 0 radical (unpaired) electrons. The summed E-state index contributed by atoms with van der Waals surface area (Å²) in [5, 5.41) is 0. The Hall–Kier alpha value is -4.64. The van der Waals surface area contributed by atoms with Gasteiger partial charge in [-0.15, -0.1) is 0 Å². The van der Waals surface area contributed by atoms with Crippen molar-refractivity contribution in [2.24, 2.45) is 0 Å². The van der Waals surface area contributed by atoms with Crippen molar-refractivity contribution in [2.75, 3.05) is 0 Å². The van der Waals surface area contributed by atoms with Crippen molar-refractivity contribution < 1.29 is 4.42 Å². The van der Waals surface area contributed by atoms with Crippen LogP contribution in [-0.2, 0) is 6.42 Å². The second-order valence-electron chi connectivity index (χ2n) is 8.23. The highest BCUT2D eigenvalue weighted by atomic mass is 16.3. The van der Waals surface area contributed by atoms with Gasteiger partial charge in [-0.3, -0.25) is 0 Å². The topological polar surface area (TPSA) is 64.7 Å². The molecule has 0 saturated carbocycles. The molecule has 2 aromatic heterocycles. The minimum atomic E-state index is 0.628. The van der Waals surface area contributed by atoms with Gasteiger partial charge < -0.3 is 4.42 Å². The average molecular weight is 455 g/mol. The van der Waals surface area contributed by atoms with Gasteiger partial charge in [0.05, 0.1) is 0 Å². The number of nitrogens with zero attached hydrogens (tertiary/aromatic N) is 4. The number of oxazole rings is 1. The predicted molar refractivity (Wildman–Crippen MR) is 139 cm³/mol. The predicted octanol–water partition coefficient (Wildman–Crippen LogP) is 7.24. The lowest BCUT2D eigenvalue weighted by molar-refractivity contribution is 0.538. The number of benzene rings is 4. The summed E-state index contributed by atoms with van der Waals surface area (Å²) in [6.45, 7) is 2.04. The zero-order chi connectivity index (χ0) is 23.6. The van der Waals surface area contributed by atoms with E-state index >= 15 is 0 Å². The molecule has 0 aliphatic heterocycles. The van der Waals surface area contributed by atoms with Crippen molar-refractivity contribution in [3.05, 3.63) is 109 Å². The highest BCUT2D eigenvalue weighted by molar-refractivity contribution is 5.87. The second kappa shape index (κ2) is 8.95. The van der Waals surface area contributed by atoms with E-state index in [1.54, 1.807) is 0 Å². The van der Waals surface area contributed by atoms with Gasteiger partial charge in [-0.05, 0) is 23.3 Å². The molecular formula is C30H22N4O. The first-order valence-corrected chi connectivity index (χ1v) is 11.6. The number of hydrogen-bond acceptors (Lipinski definition) is 5. The van der Waals surface area contributed by atoms with Crippen molar-refractivity contribution in [1.82, 2.24) is 19.9 Å². The fourth-order valence-electron chi connectivity index (χ4n) is 4.15. The highest BCUT2D eigenvalue weighted by Gasteiger charge is 2.16. The molecule has 0 unspecified atom stereocenters. The van der Waals surface area contributed by atoms with Crippen LogP contribution in [0, 0.1) is 0 Å². The lowest BCUT2D eigenvalue weighted by atomic mass is 9.98. The largest absolute Gasteiger partial charge is 0.441 e. The molecule has 0 amide bonds. The molecule has 0 aliphatic carbocycles. The number of rotatable bonds is 5. The van der Waals surface area contributed by atoms with Crippen LogP contribution in [0.4, 0.5) is 0 Å². The molecule has 0 spiro atoms. The summed E-state index contributed by atoms with van der Waals surface area (Å²) in [6.07, 6.45) is 0.760. The molecule has 2 heterocycles. The summed E-state index contributed by atoms with van der Waals surface area (Å²) >= 11 is 0. The van der Waals surface area contributed by atoms with Gasteiger partial charge in [0.2, 0.25) is 0 Å². The van der Waals surface area contributed by atoms with Crippen molar-refractivity contribution in [3.8, 4) is 45.3 Å². The van der Waals surface area contributed by atoms with Crippen LogP contribution in [0.1, 0.15) is 12.8 Å². The molecular weight excluding hydrogens is 432 g/mol. The number of aryl methyl sites for hydroxylation is 1. The minimum Gasteiger partial charge on any atom is -0.441 e. The first-order chi connectivity index (χ1) is 17.3. The molecule has 0 fully saturated rings. The van der Waals surface area contributed by atoms with Crippen LogP contribution in [0.25, 0.3) is 56.4 Å². The third kappa shape index (κ3) is 4.08. The van der Waals surface area contributed by atoms with Gasteiger partial charge >= 0.3 is 0 Å². The Labute approximate surface area is 203 Å². The Morgan fingerprint density at radius 2 is 1.11 bits per heavy atom. The lowest BCUT2D eigenvalue weighted by Gasteiger charge is -2.12. The summed E-state index contributed by atoms with van der Waals surface area (Å²) in [4.78, 5) is 19.2. The summed E-state index contributed by atoms with van der Waals surface area (Å²) < 4.78 is 5.81. The third-order valence-electron chi connectivity index (χ3n) is 5.91. The van der Waals surface area contributed by atoms with E-state index in [1.165, 1.54) is 0 Å². The molecule has 0 bridgehead atoms. The first-order valence-electron chi connectivity index (χ1n) is 11.6. The molecule has 0 saturated heterocycles. The average Bonchev–Trinajstić information content (AvgIpc) is 3.36.